The minimum absolute atomic E-state index is 0.0856. The minimum atomic E-state index is 0.0856. The number of nitrogens with zero attached hydrogens (tertiary/aromatic N) is 1. The summed E-state index contributed by atoms with van der Waals surface area (Å²) in [6.45, 7) is 7.02. The fourth-order valence-corrected chi connectivity index (χ4v) is 3.66. The number of aryl methyl sites for hydroxylation is 1. The topological polar surface area (TPSA) is 38.5 Å². The van der Waals surface area contributed by atoms with Crippen LogP contribution in [0.25, 0.3) is 0 Å². The van der Waals surface area contributed by atoms with E-state index in [1.807, 2.05) is 0 Å². The third-order valence-corrected chi connectivity index (χ3v) is 5.15. The first-order valence-electron chi connectivity index (χ1n) is 8.19. The molecule has 118 valence electrons. The molecule has 2 rings (SSSR count). The van der Waals surface area contributed by atoms with Gasteiger partial charge in [0.25, 0.3) is 0 Å². The molecule has 0 fully saturated rings. The van der Waals surface area contributed by atoms with Crippen LogP contribution in [-0.4, -0.2) is 43.3 Å². The molecule has 0 radical (unpaired) electrons. The standard InChI is InChI=1S/C18H30N2O/c1-4-15(2)20(11-12-21-3)18(14-19)10-9-16-7-5-6-8-17(16)13-18/h5-8,15H,4,9-14,19H2,1-3H3. The van der Waals surface area contributed by atoms with Gasteiger partial charge < -0.3 is 10.5 Å². The first kappa shape index (κ1) is 16.5. The zero-order chi connectivity index (χ0) is 15.3. The summed E-state index contributed by atoms with van der Waals surface area (Å²) in [5.41, 5.74) is 9.33. The van der Waals surface area contributed by atoms with Gasteiger partial charge >= 0.3 is 0 Å². The summed E-state index contributed by atoms with van der Waals surface area (Å²) in [7, 11) is 1.78. The molecule has 2 atom stereocenters. The van der Waals surface area contributed by atoms with Crippen molar-refractivity contribution in [1.29, 1.82) is 0 Å². The molecule has 0 heterocycles. The zero-order valence-corrected chi connectivity index (χ0v) is 13.8. The number of rotatable bonds is 7. The number of hydrogen-bond donors (Lipinski definition) is 1. The molecule has 1 aromatic rings. The van der Waals surface area contributed by atoms with Crippen molar-refractivity contribution in [3.05, 3.63) is 35.4 Å². The first-order chi connectivity index (χ1) is 10.2. The van der Waals surface area contributed by atoms with Gasteiger partial charge in [0, 0.05) is 31.8 Å². The van der Waals surface area contributed by atoms with Crippen LogP contribution in [-0.2, 0) is 17.6 Å². The van der Waals surface area contributed by atoms with Gasteiger partial charge in [-0.3, -0.25) is 4.90 Å². The van der Waals surface area contributed by atoms with Crippen LogP contribution < -0.4 is 5.73 Å². The molecule has 0 saturated heterocycles. The summed E-state index contributed by atoms with van der Waals surface area (Å²) >= 11 is 0. The first-order valence-corrected chi connectivity index (χ1v) is 8.19. The monoisotopic (exact) mass is 290 g/mol. The third-order valence-electron chi connectivity index (χ3n) is 5.15. The van der Waals surface area contributed by atoms with Crippen LogP contribution in [0.2, 0.25) is 0 Å². The van der Waals surface area contributed by atoms with E-state index in [9.17, 15) is 0 Å². The highest BCUT2D eigenvalue weighted by atomic mass is 16.5. The van der Waals surface area contributed by atoms with Gasteiger partial charge in [0.2, 0.25) is 0 Å². The fraction of sp³-hybridized carbons (Fsp3) is 0.667. The van der Waals surface area contributed by atoms with Gasteiger partial charge in [-0.2, -0.15) is 0 Å². The van der Waals surface area contributed by atoms with Crippen molar-refractivity contribution < 1.29 is 4.74 Å². The van der Waals surface area contributed by atoms with E-state index in [-0.39, 0.29) is 5.54 Å². The Labute approximate surface area is 129 Å². The minimum Gasteiger partial charge on any atom is -0.383 e. The molecule has 1 aliphatic rings. The van der Waals surface area contributed by atoms with Gasteiger partial charge in [-0.05, 0) is 43.7 Å². The van der Waals surface area contributed by atoms with Crippen molar-refractivity contribution >= 4 is 0 Å². The molecule has 0 saturated carbocycles. The molecule has 1 aromatic carbocycles. The normalized spacial score (nSPS) is 23.1. The van der Waals surface area contributed by atoms with Crippen molar-refractivity contribution in [3.63, 3.8) is 0 Å². The van der Waals surface area contributed by atoms with Crippen molar-refractivity contribution in [2.45, 2.75) is 51.1 Å². The highest BCUT2D eigenvalue weighted by Gasteiger charge is 2.40. The molecule has 21 heavy (non-hydrogen) atoms. The van der Waals surface area contributed by atoms with Crippen LogP contribution >= 0.6 is 0 Å². The molecule has 3 heteroatoms. The summed E-state index contributed by atoms with van der Waals surface area (Å²) in [6, 6.07) is 9.36. The van der Waals surface area contributed by atoms with Gasteiger partial charge in [0.1, 0.15) is 0 Å². The number of hydrogen-bond acceptors (Lipinski definition) is 3. The van der Waals surface area contributed by atoms with Crippen molar-refractivity contribution in [2.24, 2.45) is 5.73 Å². The average molecular weight is 290 g/mol. The van der Waals surface area contributed by atoms with E-state index >= 15 is 0 Å². The molecular weight excluding hydrogens is 260 g/mol. The quantitative estimate of drug-likeness (QED) is 0.839. The van der Waals surface area contributed by atoms with Crippen LogP contribution in [0.5, 0.6) is 0 Å². The Balaban J connectivity index is 2.27. The molecule has 0 bridgehead atoms. The Morgan fingerprint density at radius 3 is 2.67 bits per heavy atom. The number of benzene rings is 1. The lowest BCUT2D eigenvalue weighted by molar-refractivity contribution is 0.0180. The highest BCUT2D eigenvalue weighted by Crippen LogP contribution is 2.34. The lowest BCUT2D eigenvalue weighted by atomic mass is 9.76. The zero-order valence-electron chi connectivity index (χ0n) is 13.8. The van der Waals surface area contributed by atoms with E-state index in [1.54, 1.807) is 7.11 Å². The molecule has 3 nitrogen and oxygen atoms in total. The molecule has 2 N–H and O–H groups in total. The predicted molar refractivity (Wildman–Crippen MR) is 88.6 cm³/mol. The van der Waals surface area contributed by atoms with Crippen molar-refractivity contribution in [1.82, 2.24) is 4.90 Å². The molecule has 1 aliphatic carbocycles. The summed E-state index contributed by atoms with van der Waals surface area (Å²) in [5, 5.41) is 0. The highest BCUT2D eigenvalue weighted by molar-refractivity contribution is 5.32. The second kappa shape index (κ2) is 7.39. The maximum Gasteiger partial charge on any atom is 0.0590 e. The van der Waals surface area contributed by atoms with Crippen LogP contribution in [0.3, 0.4) is 0 Å². The summed E-state index contributed by atoms with van der Waals surface area (Å²) < 4.78 is 5.33. The Bertz CT molecular complexity index is 449. The SMILES string of the molecule is CCC(C)N(CCOC)C1(CN)CCc2ccccc2C1. The van der Waals surface area contributed by atoms with Crippen LogP contribution in [0, 0.1) is 0 Å². The van der Waals surface area contributed by atoms with E-state index < -0.39 is 0 Å². The van der Waals surface area contributed by atoms with Gasteiger partial charge in [0.05, 0.1) is 6.61 Å². The Kier molecular flexibility index (Phi) is 5.80. The van der Waals surface area contributed by atoms with Gasteiger partial charge in [-0.1, -0.05) is 31.2 Å². The average Bonchev–Trinajstić information content (AvgIpc) is 2.54. The Morgan fingerprint density at radius 2 is 2.05 bits per heavy atom. The van der Waals surface area contributed by atoms with Crippen molar-refractivity contribution in [3.8, 4) is 0 Å². The second-order valence-corrected chi connectivity index (χ2v) is 6.32. The van der Waals surface area contributed by atoms with Gasteiger partial charge in [-0.15, -0.1) is 0 Å². The van der Waals surface area contributed by atoms with E-state index in [4.69, 9.17) is 10.5 Å². The Morgan fingerprint density at radius 1 is 1.33 bits per heavy atom. The predicted octanol–water partition coefficient (Wildman–Crippen LogP) is 2.62. The number of ether oxygens (including phenoxy) is 1. The Hall–Kier alpha value is -0.900. The van der Waals surface area contributed by atoms with E-state index in [1.165, 1.54) is 11.1 Å². The molecule has 0 spiro atoms. The summed E-state index contributed by atoms with van der Waals surface area (Å²) in [5.74, 6) is 0. The molecular formula is C18H30N2O. The second-order valence-electron chi connectivity index (χ2n) is 6.32. The number of nitrogens with two attached hydrogens (primary N) is 1. The molecule has 0 amide bonds. The van der Waals surface area contributed by atoms with Crippen molar-refractivity contribution in [2.75, 3.05) is 26.8 Å². The van der Waals surface area contributed by atoms with Crippen LogP contribution in [0.15, 0.2) is 24.3 Å². The van der Waals surface area contributed by atoms with E-state index in [2.05, 4.69) is 43.0 Å². The van der Waals surface area contributed by atoms with Crippen LogP contribution in [0.1, 0.15) is 37.8 Å². The smallest absolute Gasteiger partial charge is 0.0590 e. The van der Waals surface area contributed by atoms with Gasteiger partial charge in [0.15, 0.2) is 0 Å². The molecule has 2 unspecified atom stereocenters. The van der Waals surface area contributed by atoms with Gasteiger partial charge in [-0.25, -0.2) is 0 Å². The summed E-state index contributed by atoms with van der Waals surface area (Å²) in [4.78, 5) is 2.60. The maximum atomic E-state index is 6.28. The van der Waals surface area contributed by atoms with Crippen LogP contribution in [0.4, 0.5) is 0 Å². The lowest BCUT2D eigenvalue weighted by Crippen LogP contribution is -2.60. The fourth-order valence-electron chi connectivity index (χ4n) is 3.66. The van der Waals surface area contributed by atoms with E-state index in [0.29, 0.717) is 6.04 Å². The molecule has 0 aromatic heterocycles. The largest absolute Gasteiger partial charge is 0.383 e. The lowest BCUT2D eigenvalue weighted by Gasteiger charge is -2.49. The van der Waals surface area contributed by atoms with E-state index in [0.717, 1.165) is 45.4 Å². The number of fused-ring (bicyclic) bond motifs is 1. The maximum absolute atomic E-state index is 6.28. The summed E-state index contributed by atoms with van der Waals surface area (Å²) in [6.07, 6.45) is 4.49. The third kappa shape index (κ3) is 3.47. The molecule has 0 aliphatic heterocycles. The number of methoxy groups -OCH3 is 1.